The Balaban J connectivity index is 1.47. The second-order valence-corrected chi connectivity index (χ2v) is 6.50. The number of nitrogens with zero attached hydrogens (tertiary/aromatic N) is 3. The van der Waals surface area contributed by atoms with Crippen LogP contribution in [0.5, 0.6) is 0 Å². The van der Waals surface area contributed by atoms with Crippen LogP contribution in [0.25, 0.3) is 0 Å². The maximum Gasteiger partial charge on any atom is 0.320 e. The second-order valence-electron chi connectivity index (χ2n) is 6.50. The summed E-state index contributed by atoms with van der Waals surface area (Å²) >= 11 is 0. The number of aromatic nitrogens is 2. The molecule has 6 nitrogen and oxygen atoms in total. The second kappa shape index (κ2) is 7.49. The lowest BCUT2D eigenvalue weighted by Crippen LogP contribution is -2.49. The quantitative estimate of drug-likeness (QED) is 0.907. The average Bonchev–Trinajstić information content (AvgIpc) is 2.96. The highest BCUT2D eigenvalue weighted by molar-refractivity contribution is 5.88. The molecule has 0 aliphatic carbocycles. The molecule has 0 unspecified atom stereocenters. The van der Waals surface area contributed by atoms with Crippen molar-refractivity contribution in [2.75, 3.05) is 11.9 Å². The molecular weight excluding hydrogens is 302 g/mol. The van der Waals surface area contributed by atoms with Gasteiger partial charge in [-0.3, -0.25) is 14.9 Å². The zero-order valence-corrected chi connectivity index (χ0v) is 14.3. The predicted octanol–water partition coefficient (Wildman–Crippen LogP) is 2.59. The average molecular weight is 327 g/mol. The Hall–Kier alpha value is -2.34. The molecule has 1 saturated heterocycles. The number of benzene rings is 1. The van der Waals surface area contributed by atoms with Crippen molar-refractivity contribution in [2.24, 2.45) is 7.05 Å². The Morgan fingerprint density at radius 3 is 2.75 bits per heavy atom. The number of piperidine rings is 1. The van der Waals surface area contributed by atoms with Crippen molar-refractivity contribution in [1.29, 1.82) is 0 Å². The summed E-state index contributed by atoms with van der Waals surface area (Å²) in [5, 5.41) is 10.00. The Labute approximate surface area is 142 Å². The highest BCUT2D eigenvalue weighted by atomic mass is 16.2. The molecule has 24 heavy (non-hydrogen) atoms. The van der Waals surface area contributed by atoms with Crippen molar-refractivity contribution in [3.8, 4) is 0 Å². The smallest absolute Gasteiger partial charge is 0.320 e. The van der Waals surface area contributed by atoms with Gasteiger partial charge in [0.1, 0.15) is 0 Å². The van der Waals surface area contributed by atoms with Crippen LogP contribution in [-0.2, 0) is 13.6 Å². The number of amides is 2. The van der Waals surface area contributed by atoms with E-state index in [2.05, 4.69) is 51.8 Å². The lowest BCUT2D eigenvalue weighted by Gasteiger charge is -2.38. The van der Waals surface area contributed by atoms with Gasteiger partial charge in [0.2, 0.25) is 0 Å². The molecule has 128 valence electrons. The van der Waals surface area contributed by atoms with Gasteiger partial charge < -0.3 is 5.32 Å². The van der Waals surface area contributed by atoms with Gasteiger partial charge in [0.25, 0.3) is 0 Å². The molecule has 2 aromatic rings. The summed E-state index contributed by atoms with van der Waals surface area (Å²) in [6, 6.07) is 12.8. The van der Waals surface area contributed by atoms with E-state index in [9.17, 15) is 4.79 Å². The van der Waals surface area contributed by atoms with E-state index in [4.69, 9.17) is 0 Å². The summed E-state index contributed by atoms with van der Waals surface area (Å²) in [5.41, 5.74) is 1.34. The van der Waals surface area contributed by atoms with Crippen LogP contribution in [0, 0.1) is 0 Å². The minimum absolute atomic E-state index is 0.178. The van der Waals surface area contributed by atoms with E-state index in [0.29, 0.717) is 11.9 Å². The van der Waals surface area contributed by atoms with Crippen LogP contribution in [0.15, 0.2) is 42.6 Å². The number of likely N-dealkylation sites (tertiary alicyclic amines) is 1. The van der Waals surface area contributed by atoms with E-state index in [0.717, 1.165) is 25.9 Å². The minimum Gasteiger partial charge on any atom is -0.335 e. The van der Waals surface area contributed by atoms with Crippen LogP contribution >= 0.6 is 0 Å². The Morgan fingerprint density at radius 1 is 1.29 bits per heavy atom. The molecule has 3 rings (SSSR count). The summed E-state index contributed by atoms with van der Waals surface area (Å²) in [6.07, 6.45) is 3.73. The minimum atomic E-state index is -0.178. The number of carbonyl (C=O) groups is 1. The fraction of sp³-hybridized carbons (Fsp3) is 0.444. The molecule has 2 heterocycles. The number of hydrogen-bond donors (Lipinski definition) is 2. The summed E-state index contributed by atoms with van der Waals surface area (Å²) in [4.78, 5) is 14.6. The first-order valence-corrected chi connectivity index (χ1v) is 8.45. The van der Waals surface area contributed by atoms with Crippen LogP contribution in [0.1, 0.15) is 25.3 Å². The lowest BCUT2D eigenvalue weighted by atomic mass is 9.97. The van der Waals surface area contributed by atoms with Crippen LogP contribution in [0.3, 0.4) is 0 Å². The number of hydrogen-bond acceptors (Lipinski definition) is 3. The van der Waals surface area contributed by atoms with Gasteiger partial charge in [-0.15, -0.1) is 0 Å². The largest absolute Gasteiger partial charge is 0.335 e. The summed E-state index contributed by atoms with van der Waals surface area (Å²) in [7, 11) is 1.83. The van der Waals surface area contributed by atoms with Crippen molar-refractivity contribution in [2.45, 2.75) is 38.4 Å². The Bertz CT molecular complexity index is 669. The summed E-state index contributed by atoms with van der Waals surface area (Å²) < 4.78 is 1.67. The molecule has 1 aliphatic heterocycles. The third kappa shape index (κ3) is 4.35. The molecule has 1 aliphatic rings. The third-order valence-electron chi connectivity index (χ3n) is 4.53. The first kappa shape index (κ1) is 16.5. The number of nitrogens with one attached hydrogen (secondary N) is 2. The molecule has 2 N–H and O–H groups in total. The zero-order chi connectivity index (χ0) is 16.9. The predicted molar refractivity (Wildman–Crippen MR) is 94.7 cm³/mol. The molecule has 1 fully saturated rings. The van der Waals surface area contributed by atoms with Crippen LogP contribution in [0.2, 0.25) is 0 Å². The highest BCUT2D eigenvalue weighted by Crippen LogP contribution is 2.20. The van der Waals surface area contributed by atoms with Crippen molar-refractivity contribution in [1.82, 2.24) is 20.0 Å². The normalized spacial score (nSPS) is 21.4. The molecule has 2 amide bonds. The van der Waals surface area contributed by atoms with Gasteiger partial charge in [-0.25, -0.2) is 4.79 Å². The molecular formula is C18H25N5O. The topological polar surface area (TPSA) is 62.2 Å². The van der Waals surface area contributed by atoms with E-state index in [-0.39, 0.29) is 12.1 Å². The van der Waals surface area contributed by atoms with Gasteiger partial charge in [-0.05, 0) is 25.3 Å². The number of urea groups is 1. The van der Waals surface area contributed by atoms with Crippen LogP contribution in [-0.4, -0.2) is 39.3 Å². The van der Waals surface area contributed by atoms with E-state index in [1.807, 2.05) is 13.1 Å². The SMILES string of the molecule is C[C@@H]1C[C@H](NC(=O)Nc2ccn(C)n2)CCN1Cc1ccccc1. The third-order valence-corrected chi connectivity index (χ3v) is 4.53. The van der Waals surface area contributed by atoms with Gasteiger partial charge in [0, 0.05) is 44.5 Å². The summed E-state index contributed by atoms with van der Waals surface area (Å²) in [6.45, 7) is 4.19. The molecule has 0 spiro atoms. The van der Waals surface area contributed by atoms with Crippen molar-refractivity contribution < 1.29 is 4.79 Å². The Kier molecular flexibility index (Phi) is 5.15. The van der Waals surface area contributed by atoms with Crippen LogP contribution in [0.4, 0.5) is 10.6 Å². The fourth-order valence-electron chi connectivity index (χ4n) is 3.22. The summed E-state index contributed by atoms with van der Waals surface area (Å²) in [5.74, 6) is 0.574. The first-order valence-electron chi connectivity index (χ1n) is 8.45. The van der Waals surface area contributed by atoms with Crippen molar-refractivity contribution in [3.05, 3.63) is 48.2 Å². The molecule has 1 aromatic carbocycles. The van der Waals surface area contributed by atoms with Crippen LogP contribution < -0.4 is 10.6 Å². The number of aryl methyl sites for hydroxylation is 1. The molecule has 0 radical (unpaired) electrons. The number of carbonyl (C=O) groups excluding carboxylic acids is 1. The van der Waals surface area contributed by atoms with E-state index in [1.165, 1.54) is 5.56 Å². The molecule has 1 aromatic heterocycles. The molecule has 0 saturated carbocycles. The molecule has 2 atom stereocenters. The standard InChI is InChI=1S/C18H25N5O/c1-14-12-16(19-18(24)20-17-9-10-22(2)21-17)8-11-23(14)13-15-6-4-3-5-7-15/h3-7,9-10,14,16H,8,11-13H2,1-2H3,(H2,19,20,21,24)/t14-,16-/m1/s1. The molecule has 0 bridgehead atoms. The zero-order valence-electron chi connectivity index (χ0n) is 14.3. The van der Waals surface area contributed by atoms with E-state index in [1.54, 1.807) is 16.9 Å². The van der Waals surface area contributed by atoms with Gasteiger partial charge in [0.15, 0.2) is 5.82 Å². The molecule has 6 heteroatoms. The lowest BCUT2D eigenvalue weighted by molar-refractivity contribution is 0.131. The van der Waals surface area contributed by atoms with Gasteiger partial charge >= 0.3 is 6.03 Å². The Morgan fingerprint density at radius 2 is 2.08 bits per heavy atom. The maximum absolute atomic E-state index is 12.1. The fourth-order valence-corrected chi connectivity index (χ4v) is 3.22. The monoisotopic (exact) mass is 327 g/mol. The maximum atomic E-state index is 12.1. The number of anilines is 1. The highest BCUT2D eigenvalue weighted by Gasteiger charge is 2.26. The van der Waals surface area contributed by atoms with E-state index < -0.39 is 0 Å². The van der Waals surface area contributed by atoms with Gasteiger partial charge in [-0.1, -0.05) is 30.3 Å². The van der Waals surface area contributed by atoms with Gasteiger partial charge in [-0.2, -0.15) is 5.10 Å². The van der Waals surface area contributed by atoms with E-state index >= 15 is 0 Å². The first-order chi connectivity index (χ1) is 11.6. The van der Waals surface area contributed by atoms with Crippen molar-refractivity contribution in [3.63, 3.8) is 0 Å². The number of rotatable bonds is 4. The van der Waals surface area contributed by atoms with Crippen molar-refractivity contribution >= 4 is 11.8 Å². The van der Waals surface area contributed by atoms with Gasteiger partial charge in [0.05, 0.1) is 0 Å².